The van der Waals surface area contributed by atoms with Crippen LogP contribution in [-0.2, 0) is 17.6 Å². The molecule has 1 aliphatic carbocycles. The number of ether oxygens (including phenoxy) is 2. The fraction of sp³-hybridized carbons (Fsp3) is 0.423. The number of amides is 1. The summed E-state index contributed by atoms with van der Waals surface area (Å²) < 4.78 is 10.1. The van der Waals surface area contributed by atoms with Crippen LogP contribution in [0.1, 0.15) is 58.7 Å². The van der Waals surface area contributed by atoms with Crippen molar-refractivity contribution in [1.82, 2.24) is 30.4 Å². The van der Waals surface area contributed by atoms with Crippen molar-refractivity contribution in [2.24, 2.45) is 0 Å². The number of aliphatic hydroxyl groups is 1. The van der Waals surface area contributed by atoms with E-state index in [9.17, 15) is 9.90 Å². The number of carbonyl (C=O) groups excluding carboxylic acids is 1. The maximum atomic E-state index is 12.5. The Bertz CT molecular complexity index is 1400. The Labute approximate surface area is 239 Å². The number of methoxy groups -OCH3 is 2. The van der Waals surface area contributed by atoms with Crippen molar-refractivity contribution >= 4 is 38.8 Å². The average molecular weight is 583 g/mol. The van der Waals surface area contributed by atoms with E-state index in [-0.39, 0.29) is 24.2 Å². The Morgan fingerprint density at radius 2 is 1.52 bits per heavy atom. The molecular formula is C26H30N8O4S2. The van der Waals surface area contributed by atoms with Crippen LogP contribution in [0.4, 0.5) is 10.3 Å². The van der Waals surface area contributed by atoms with E-state index >= 15 is 0 Å². The Morgan fingerprint density at radius 3 is 2.12 bits per heavy atom. The van der Waals surface area contributed by atoms with Gasteiger partial charge in [-0.15, -0.1) is 20.4 Å². The van der Waals surface area contributed by atoms with Crippen LogP contribution in [0, 0.1) is 0 Å². The van der Waals surface area contributed by atoms with Crippen LogP contribution in [0.25, 0.3) is 0 Å². The summed E-state index contributed by atoms with van der Waals surface area (Å²) in [5.41, 5.74) is 1.67. The van der Waals surface area contributed by atoms with E-state index in [1.54, 1.807) is 38.7 Å². The first-order valence-electron chi connectivity index (χ1n) is 12.9. The van der Waals surface area contributed by atoms with E-state index < -0.39 is 6.23 Å². The minimum Gasteiger partial charge on any atom is -0.481 e. The lowest BCUT2D eigenvalue weighted by atomic mass is 9.82. The summed E-state index contributed by atoms with van der Waals surface area (Å²) in [7, 11) is 3.12. The predicted molar refractivity (Wildman–Crippen MR) is 151 cm³/mol. The van der Waals surface area contributed by atoms with Crippen LogP contribution in [0.15, 0.2) is 36.7 Å². The molecule has 0 spiro atoms. The Balaban J connectivity index is 1.13. The van der Waals surface area contributed by atoms with E-state index in [1.165, 1.54) is 22.7 Å². The van der Waals surface area contributed by atoms with Gasteiger partial charge in [0, 0.05) is 42.8 Å². The highest BCUT2D eigenvalue weighted by atomic mass is 32.1. The number of carbonyl (C=O) groups is 1. The maximum absolute atomic E-state index is 12.5. The van der Waals surface area contributed by atoms with Gasteiger partial charge in [-0.05, 0) is 30.4 Å². The van der Waals surface area contributed by atoms with E-state index in [1.807, 2.05) is 12.1 Å². The number of aliphatic hydroxyl groups excluding tert-OH is 1. The Hall–Kier alpha value is -3.75. The molecule has 2 unspecified atom stereocenters. The number of hydrogen-bond donors (Lipinski definition) is 3. The molecule has 5 rings (SSSR count). The number of nitrogens with one attached hydrogen (secondary N) is 2. The summed E-state index contributed by atoms with van der Waals surface area (Å²) in [4.78, 5) is 20.8. The quantitative estimate of drug-likeness (QED) is 0.221. The van der Waals surface area contributed by atoms with Crippen molar-refractivity contribution in [3.8, 4) is 11.8 Å². The van der Waals surface area contributed by atoms with Gasteiger partial charge in [0.2, 0.25) is 27.9 Å². The monoisotopic (exact) mass is 582 g/mol. The summed E-state index contributed by atoms with van der Waals surface area (Å²) in [5.74, 6) is 1.35. The molecule has 4 aromatic rings. The molecule has 210 valence electrons. The molecule has 0 aliphatic heterocycles. The van der Waals surface area contributed by atoms with Gasteiger partial charge in [-0.1, -0.05) is 41.2 Å². The lowest BCUT2D eigenvalue weighted by Crippen LogP contribution is -2.21. The first-order chi connectivity index (χ1) is 19.5. The van der Waals surface area contributed by atoms with Gasteiger partial charge in [-0.3, -0.25) is 4.79 Å². The van der Waals surface area contributed by atoms with Crippen LogP contribution in [0.3, 0.4) is 0 Å². The van der Waals surface area contributed by atoms with Crippen LogP contribution in [0.5, 0.6) is 11.8 Å². The fourth-order valence-corrected chi connectivity index (χ4v) is 6.44. The summed E-state index contributed by atoms with van der Waals surface area (Å²) in [6, 6.07) is 7.17. The molecule has 14 heteroatoms. The van der Waals surface area contributed by atoms with E-state index in [0.717, 1.165) is 46.8 Å². The molecular weight excluding hydrogens is 552 g/mol. The van der Waals surface area contributed by atoms with Crippen LogP contribution >= 0.6 is 22.7 Å². The molecule has 0 radical (unpaired) electrons. The number of anilines is 2. The van der Waals surface area contributed by atoms with Crippen molar-refractivity contribution in [1.29, 1.82) is 0 Å². The number of pyridine rings is 2. The minimum absolute atomic E-state index is 0.171. The summed E-state index contributed by atoms with van der Waals surface area (Å²) in [6.45, 7) is 0. The molecule has 0 saturated heterocycles. The van der Waals surface area contributed by atoms with Crippen LogP contribution in [-0.4, -0.2) is 61.8 Å². The molecule has 3 N–H and O–H groups in total. The number of nitrogens with zero attached hydrogens (tertiary/aromatic N) is 6. The maximum Gasteiger partial charge on any atom is 0.230 e. The Morgan fingerprint density at radius 1 is 0.925 bits per heavy atom. The molecule has 4 aromatic heterocycles. The van der Waals surface area contributed by atoms with Gasteiger partial charge in [0.05, 0.1) is 20.6 Å². The predicted octanol–water partition coefficient (Wildman–Crippen LogP) is 3.79. The van der Waals surface area contributed by atoms with Crippen molar-refractivity contribution < 1.29 is 19.4 Å². The zero-order chi connectivity index (χ0) is 27.9. The van der Waals surface area contributed by atoms with Crippen LogP contribution in [0.2, 0.25) is 0 Å². The summed E-state index contributed by atoms with van der Waals surface area (Å²) >= 11 is 2.88. The molecule has 1 saturated carbocycles. The molecule has 0 aromatic carbocycles. The zero-order valence-electron chi connectivity index (χ0n) is 22.1. The zero-order valence-corrected chi connectivity index (χ0v) is 23.7. The largest absolute Gasteiger partial charge is 0.481 e. The van der Waals surface area contributed by atoms with Gasteiger partial charge < -0.3 is 25.2 Å². The first kappa shape index (κ1) is 27.8. The molecule has 3 atom stereocenters. The number of rotatable bonds is 11. The second-order valence-electron chi connectivity index (χ2n) is 9.46. The Kier molecular flexibility index (Phi) is 9.08. The normalized spacial score (nSPS) is 17.7. The second-order valence-corrected chi connectivity index (χ2v) is 11.5. The van der Waals surface area contributed by atoms with E-state index in [4.69, 9.17) is 9.47 Å². The molecule has 1 amide bonds. The molecule has 1 aliphatic rings. The van der Waals surface area contributed by atoms with Gasteiger partial charge in [0.1, 0.15) is 16.2 Å². The van der Waals surface area contributed by atoms with Gasteiger partial charge in [-0.2, -0.15) is 0 Å². The van der Waals surface area contributed by atoms with Crippen molar-refractivity contribution in [2.45, 2.75) is 56.6 Å². The van der Waals surface area contributed by atoms with Gasteiger partial charge in [0.25, 0.3) is 0 Å². The third kappa shape index (κ3) is 7.25. The van der Waals surface area contributed by atoms with E-state index in [0.29, 0.717) is 28.4 Å². The molecule has 1 fully saturated rings. The number of hydrogen-bond acceptors (Lipinski definition) is 13. The number of aromatic nitrogens is 6. The van der Waals surface area contributed by atoms with Crippen LogP contribution < -0.4 is 20.1 Å². The lowest BCUT2D eigenvalue weighted by molar-refractivity contribution is -0.115. The highest BCUT2D eigenvalue weighted by Gasteiger charge is 2.29. The first-order valence-corrected chi connectivity index (χ1v) is 14.5. The SMILES string of the molecule is COc1ccc(CC(=O)Nc2nnc([C@H]3CCCC(c4nnc(NC(O)Cc5ccc(OC)nc5)s4)C3)s2)cn1. The summed E-state index contributed by atoms with van der Waals surface area (Å²) in [5, 5.41) is 36.5. The molecule has 12 nitrogen and oxygen atoms in total. The van der Waals surface area contributed by atoms with Crippen molar-refractivity contribution in [3.05, 3.63) is 57.8 Å². The van der Waals surface area contributed by atoms with Crippen molar-refractivity contribution in [2.75, 3.05) is 24.9 Å². The van der Waals surface area contributed by atoms with Gasteiger partial charge in [0.15, 0.2) is 0 Å². The third-order valence-electron chi connectivity index (χ3n) is 6.60. The molecule has 0 bridgehead atoms. The standard InChI is InChI=1S/C26H30N8O4S2/c1-37-21-8-6-15(13-27-21)10-19(35)29-25-33-31-23(39-25)17-4-3-5-18(12-17)24-32-34-26(40-24)30-20(36)11-16-7-9-22(38-2)28-14-16/h6-9,13-14,17-19,35H,3-5,10-12H2,1-2H3,(H,29,33)(H,30,34,36)/t17?,18-,19?/m0/s1. The lowest BCUT2D eigenvalue weighted by Gasteiger charge is -2.25. The van der Waals surface area contributed by atoms with E-state index in [2.05, 4.69) is 41.0 Å². The smallest absolute Gasteiger partial charge is 0.230 e. The summed E-state index contributed by atoms with van der Waals surface area (Å²) in [6.07, 6.45) is 7.01. The third-order valence-corrected chi connectivity index (χ3v) is 8.62. The highest BCUT2D eigenvalue weighted by molar-refractivity contribution is 7.15. The van der Waals surface area contributed by atoms with Gasteiger partial charge >= 0.3 is 0 Å². The minimum atomic E-state index is -0.814. The van der Waals surface area contributed by atoms with Gasteiger partial charge in [-0.25, -0.2) is 9.97 Å². The van der Waals surface area contributed by atoms with Crippen molar-refractivity contribution in [3.63, 3.8) is 0 Å². The topological polar surface area (TPSA) is 157 Å². The molecule has 4 heterocycles. The molecule has 40 heavy (non-hydrogen) atoms. The fourth-order valence-electron chi connectivity index (χ4n) is 4.60. The second kappa shape index (κ2) is 13.1. The average Bonchev–Trinajstić information content (AvgIpc) is 3.64. The highest BCUT2D eigenvalue weighted by Crippen LogP contribution is 2.43.